The van der Waals surface area contributed by atoms with Gasteiger partial charge in [-0.3, -0.25) is 0 Å². The maximum Gasteiger partial charge on any atom is 0.0495 e. The van der Waals surface area contributed by atoms with Crippen LogP contribution in [0.1, 0.15) is 29.7 Å². The highest BCUT2D eigenvalue weighted by atomic mass is 79.9. The molecule has 106 valence electrons. The van der Waals surface area contributed by atoms with Crippen molar-refractivity contribution in [3.8, 4) is 0 Å². The van der Waals surface area contributed by atoms with Crippen molar-refractivity contribution in [1.82, 2.24) is 0 Å². The average Bonchev–Trinajstić information content (AvgIpc) is 2.44. The molecule has 1 nitrogen and oxygen atoms in total. The van der Waals surface area contributed by atoms with Crippen LogP contribution in [-0.4, -0.2) is 6.04 Å². The SMILES string of the molecule is CCC(N)C(Sc1cccc(C)c1)c1cccc(Br)c1. The number of hydrogen-bond acceptors (Lipinski definition) is 2. The largest absolute Gasteiger partial charge is 0.326 e. The van der Waals surface area contributed by atoms with Crippen LogP contribution in [0, 0.1) is 6.92 Å². The lowest BCUT2D eigenvalue weighted by Gasteiger charge is -2.23. The molecule has 0 saturated heterocycles. The van der Waals surface area contributed by atoms with E-state index in [1.165, 1.54) is 16.0 Å². The van der Waals surface area contributed by atoms with E-state index in [0.29, 0.717) is 0 Å². The van der Waals surface area contributed by atoms with Crippen LogP contribution in [0.3, 0.4) is 0 Å². The topological polar surface area (TPSA) is 26.0 Å². The molecule has 0 amide bonds. The van der Waals surface area contributed by atoms with Crippen molar-refractivity contribution < 1.29 is 0 Å². The van der Waals surface area contributed by atoms with E-state index in [1.807, 2.05) is 11.8 Å². The fourth-order valence-corrected chi connectivity index (χ4v) is 3.91. The fourth-order valence-electron chi connectivity index (χ4n) is 2.14. The van der Waals surface area contributed by atoms with Crippen LogP contribution in [0.2, 0.25) is 0 Å². The Morgan fingerprint density at radius 1 is 1.15 bits per heavy atom. The minimum atomic E-state index is 0.148. The zero-order valence-electron chi connectivity index (χ0n) is 11.8. The summed E-state index contributed by atoms with van der Waals surface area (Å²) in [5.74, 6) is 0. The molecule has 0 aromatic heterocycles. The Kier molecular flexibility index (Phi) is 5.70. The van der Waals surface area contributed by atoms with Crippen LogP contribution in [0.25, 0.3) is 0 Å². The van der Waals surface area contributed by atoms with Gasteiger partial charge in [-0.1, -0.05) is 52.7 Å². The van der Waals surface area contributed by atoms with Gasteiger partial charge in [-0.2, -0.15) is 0 Å². The molecule has 0 aliphatic carbocycles. The van der Waals surface area contributed by atoms with Crippen molar-refractivity contribution in [3.63, 3.8) is 0 Å². The first-order valence-electron chi connectivity index (χ1n) is 6.84. The summed E-state index contributed by atoms with van der Waals surface area (Å²) in [6, 6.07) is 17.2. The maximum atomic E-state index is 6.35. The Labute approximate surface area is 134 Å². The van der Waals surface area contributed by atoms with Gasteiger partial charge in [-0.25, -0.2) is 0 Å². The zero-order valence-corrected chi connectivity index (χ0v) is 14.2. The van der Waals surface area contributed by atoms with Gasteiger partial charge in [0.1, 0.15) is 0 Å². The van der Waals surface area contributed by atoms with E-state index in [-0.39, 0.29) is 11.3 Å². The Balaban J connectivity index is 2.29. The lowest BCUT2D eigenvalue weighted by atomic mass is 10.0. The molecule has 2 aromatic carbocycles. The van der Waals surface area contributed by atoms with Crippen LogP contribution < -0.4 is 5.73 Å². The van der Waals surface area contributed by atoms with E-state index in [2.05, 4.69) is 78.3 Å². The van der Waals surface area contributed by atoms with Crippen molar-refractivity contribution in [2.75, 3.05) is 0 Å². The molecule has 0 aliphatic rings. The van der Waals surface area contributed by atoms with Crippen LogP contribution in [0.5, 0.6) is 0 Å². The van der Waals surface area contributed by atoms with Crippen LogP contribution >= 0.6 is 27.7 Å². The molecule has 3 heteroatoms. The number of rotatable bonds is 5. The van der Waals surface area contributed by atoms with Gasteiger partial charge < -0.3 is 5.73 Å². The van der Waals surface area contributed by atoms with Crippen molar-refractivity contribution in [3.05, 3.63) is 64.1 Å². The van der Waals surface area contributed by atoms with E-state index in [0.717, 1.165) is 10.9 Å². The zero-order chi connectivity index (χ0) is 14.5. The van der Waals surface area contributed by atoms with E-state index in [9.17, 15) is 0 Å². The summed E-state index contributed by atoms with van der Waals surface area (Å²) in [7, 11) is 0. The highest BCUT2D eigenvalue weighted by Gasteiger charge is 2.20. The molecular weight excluding hydrogens is 330 g/mol. The number of thioether (sulfide) groups is 1. The molecule has 2 atom stereocenters. The molecule has 0 aliphatic heterocycles. The Morgan fingerprint density at radius 3 is 2.55 bits per heavy atom. The highest BCUT2D eigenvalue weighted by molar-refractivity contribution is 9.10. The molecule has 0 bridgehead atoms. The molecule has 0 saturated carbocycles. The summed E-state index contributed by atoms with van der Waals surface area (Å²) in [4.78, 5) is 1.28. The molecule has 20 heavy (non-hydrogen) atoms. The number of halogens is 1. The van der Waals surface area contributed by atoms with Crippen molar-refractivity contribution in [2.24, 2.45) is 5.73 Å². The monoisotopic (exact) mass is 349 g/mol. The summed E-state index contributed by atoms with van der Waals surface area (Å²) in [5.41, 5.74) is 8.91. The van der Waals surface area contributed by atoms with Crippen LogP contribution in [0.15, 0.2) is 57.9 Å². The molecule has 0 spiro atoms. The Bertz CT molecular complexity index is 570. The van der Waals surface area contributed by atoms with E-state index >= 15 is 0 Å². The van der Waals surface area contributed by atoms with Gasteiger partial charge in [-0.05, 0) is 43.2 Å². The Morgan fingerprint density at radius 2 is 1.90 bits per heavy atom. The molecule has 0 radical (unpaired) electrons. The van der Waals surface area contributed by atoms with Gasteiger partial charge >= 0.3 is 0 Å². The van der Waals surface area contributed by atoms with E-state index in [1.54, 1.807) is 0 Å². The molecule has 2 N–H and O–H groups in total. The third kappa shape index (κ3) is 4.11. The van der Waals surface area contributed by atoms with Crippen LogP contribution in [0.4, 0.5) is 0 Å². The quantitative estimate of drug-likeness (QED) is 0.738. The maximum absolute atomic E-state index is 6.35. The number of hydrogen-bond donors (Lipinski definition) is 1. The van der Waals surface area contributed by atoms with Gasteiger partial charge in [0, 0.05) is 20.7 Å². The number of nitrogens with two attached hydrogens (primary N) is 1. The van der Waals surface area contributed by atoms with E-state index < -0.39 is 0 Å². The first kappa shape index (κ1) is 15.6. The predicted molar refractivity (Wildman–Crippen MR) is 92.2 cm³/mol. The molecule has 0 fully saturated rings. The highest BCUT2D eigenvalue weighted by Crippen LogP contribution is 2.39. The first-order valence-corrected chi connectivity index (χ1v) is 8.51. The van der Waals surface area contributed by atoms with Gasteiger partial charge in [0.25, 0.3) is 0 Å². The lowest BCUT2D eigenvalue weighted by Crippen LogP contribution is -2.25. The second-order valence-electron chi connectivity index (χ2n) is 4.98. The predicted octanol–water partition coefficient (Wildman–Crippen LogP) is 5.33. The number of aryl methyl sites for hydroxylation is 1. The molecule has 0 heterocycles. The Hall–Kier alpha value is -0.770. The van der Waals surface area contributed by atoms with Gasteiger partial charge in [0.2, 0.25) is 0 Å². The van der Waals surface area contributed by atoms with Gasteiger partial charge in [0.05, 0.1) is 0 Å². The number of benzene rings is 2. The standard InChI is InChI=1S/C17H20BrNS/c1-3-16(19)17(13-7-5-8-14(18)11-13)20-15-9-4-6-12(2)10-15/h4-11,16-17H,3,19H2,1-2H3. The van der Waals surface area contributed by atoms with Crippen LogP contribution in [-0.2, 0) is 0 Å². The molecule has 2 unspecified atom stereocenters. The van der Waals surface area contributed by atoms with Crippen molar-refractivity contribution in [2.45, 2.75) is 36.5 Å². The van der Waals surface area contributed by atoms with E-state index in [4.69, 9.17) is 5.73 Å². The minimum absolute atomic E-state index is 0.148. The summed E-state index contributed by atoms with van der Waals surface area (Å²) >= 11 is 5.40. The summed E-state index contributed by atoms with van der Waals surface area (Å²) in [5, 5.41) is 0.277. The van der Waals surface area contributed by atoms with Crippen molar-refractivity contribution in [1.29, 1.82) is 0 Å². The molecule has 2 aromatic rings. The third-order valence-corrected chi connectivity index (χ3v) is 5.19. The van der Waals surface area contributed by atoms with Gasteiger partial charge in [0.15, 0.2) is 0 Å². The lowest BCUT2D eigenvalue weighted by molar-refractivity contribution is 0.634. The smallest absolute Gasteiger partial charge is 0.0495 e. The molecular formula is C17H20BrNS. The third-order valence-electron chi connectivity index (χ3n) is 3.29. The second-order valence-corrected chi connectivity index (χ2v) is 7.11. The summed E-state index contributed by atoms with van der Waals surface area (Å²) in [6.07, 6.45) is 0.968. The summed E-state index contributed by atoms with van der Waals surface area (Å²) in [6.45, 7) is 4.27. The average molecular weight is 350 g/mol. The fraction of sp³-hybridized carbons (Fsp3) is 0.294. The summed E-state index contributed by atoms with van der Waals surface area (Å²) < 4.78 is 1.10. The van der Waals surface area contributed by atoms with Crippen molar-refractivity contribution >= 4 is 27.7 Å². The minimum Gasteiger partial charge on any atom is -0.326 e. The normalized spacial score (nSPS) is 14.0. The first-order chi connectivity index (χ1) is 9.60. The molecule has 2 rings (SSSR count). The van der Waals surface area contributed by atoms with Gasteiger partial charge in [-0.15, -0.1) is 11.8 Å². The second kappa shape index (κ2) is 7.30.